The third-order valence-corrected chi connectivity index (χ3v) is 6.22. The zero-order chi connectivity index (χ0) is 20.0. The van der Waals surface area contributed by atoms with Gasteiger partial charge in [0.25, 0.3) is 0 Å². The molecule has 3 aromatic carbocycles. The van der Waals surface area contributed by atoms with Gasteiger partial charge in [-0.2, -0.15) is 5.10 Å². The number of rotatable bonds is 2. The highest BCUT2D eigenvalue weighted by molar-refractivity contribution is 6.04. The first-order chi connectivity index (χ1) is 14.1. The molecule has 1 atom stereocenters. The zero-order valence-electron chi connectivity index (χ0n) is 17.0. The van der Waals surface area contributed by atoms with Crippen molar-refractivity contribution in [2.45, 2.75) is 25.3 Å². The molecule has 1 N–H and O–H groups in total. The predicted octanol–water partition coefficient (Wildman–Crippen LogP) is 4.82. The number of nitrogens with one attached hydrogen (secondary N) is 1. The van der Waals surface area contributed by atoms with Crippen molar-refractivity contribution in [3.63, 3.8) is 0 Å². The molecule has 4 nitrogen and oxygen atoms in total. The van der Waals surface area contributed by atoms with Crippen LogP contribution in [0.2, 0.25) is 0 Å². The average Bonchev–Trinajstić information content (AvgIpc) is 2.74. The summed E-state index contributed by atoms with van der Waals surface area (Å²) in [6, 6.07) is 22.3. The molecule has 0 amide bonds. The number of nitrogens with zero attached hydrogens (tertiary/aromatic N) is 3. The first-order valence-corrected chi connectivity index (χ1v) is 10.3. The van der Waals surface area contributed by atoms with E-state index in [0.29, 0.717) is 11.8 Å². The number of fused-ring (bicyclic) bond motifs is 2. The fourth-order valence-electron chi connectivity index (χ4n) is 4.63. The quantitative estimate of drug-likeness (QED) is 0.690. The maximum Gasteiger partial charge on any atom is 0.117 e. The molecule has 2 aliphatic rings. The van der Waals surface area contributed by atoms with Gasteiger partial charge in [0.15, 0.2) is 0 Å². The Morgan fingerprint density at radius 3 is 2.59 bits per heavy atom. The normalized spacial score (nSPS) is 19.9. The van der Waals surface area contributed by atoms with E-state index in [1.165, 1.54) is 33.0 Å². The molecular weight excluding hydrogens is 356 g/mol. The summed E-state index contributed by atoms with van der Waals surface area (Å²) in [7, 11) is 4.07. The molecule has 4 heteroatoms. The number of hydrazone groups is 1. The predicted molar refractivity (Wildman–Crippen MR) is 120 cm³/mol. The number of hydrogen-bond acceptors (Lipinski definition) is 3. The molecular formula is C25H26N4. The fraction of sp³-hybridized carbons (Fsp3) is 0.280. The minimum atomic E-state index is 0.381. The van der Waals surface area contributed by atoms with Crippen molar-refractivity contribution in [1.82, 2.24) is 9.91 Å². The zero-order valence-corrected chi connectivity index (χ0v) is 17.0. The molecule has 0 radical (unpaired) electrons. The van der Waals surface area contributed by atoms with Gasteiger partial charge in [0.1, 0.15) is 5.84 Å². The highest BCUT2D eigenvalue weighted by Crippen LogP contribution is 2.35. The van der Waals surface area contributed by atoms with E-state index in [-0.39, 0.29) is 0 Å². The van der Waals surface area contributed by atoms with Crippen LogP contribution >= 0.6 is 0 Å². The smallest absolute Gasteiger partial charge is 0.117 e. The molecule has 0 saturated heterocycles. The second-order valence-corrected chi connectivity index (χ2v) is 8.29. The maximum atomic E-state index is 7.92. The summed E-state index contributed by atoms with van der Waals surface area (Å²) in [5.74, 6) is 0.967. The van der Waals surface area contributed by atoms with E-state index in [1.807, 2.05) is 7.05 Å². The topological polar surface area (TPSA) is 42.7 Å². The third kappa shape index (κ3) is 3.34. The van der Waals surface area contributed by atoms with E-state index in [0.717, 1.165) is 31.6 Å². The molecule has 2 heterocycles. The van der Waals surface area contributed by atoms with Gasteiger partial charge in [0, 0.05) is 32.5 Å². The minimum absolute atomic E-state index is 0.381. The molecule has 0 fully saturated rings. The van der Waals surface area contributed by atoms with E-state index < -0.39 is 0 Å². The van der Waals surface area contributed by atoms with Crippen LogP contribution in [-0.2, 0) is 6.54 Å². The van der Waals surface area contributed by atoms with Crippen LogP contribution in [0.4, 0.5) is 0 Å². The van der Waals surface area contributed by atoms with Crippen molar-refractivity contribution >= 4 is 22.3 Å². The van der Waals surface area contributed by atoms with E-state index in [4.69, 9.17) is 5.41 Å². The molecule has 0 aliphatic carbocycles. The van der Waals surface area contributed by atoms with Crippen LogP contribution in [0.3, 0.4) is 0 Å². The van der Waals surface area contributed by atoms with Gasteiger partial charge in [-0.15, -0.1) is 0 Å². The van der Waals surface area contributed by atoms with Gasteiger partial charge < -0.3 is 4.90 Å². The lowest BCUT2D eigenvalue weighted by Crippen LogP contribution is -2.31. The summed E-state index contributed by atoms with van der Waals surface area (Å²) in [5, 5.41) is 16.8. The SMILES string of the molecule is CN1Cc2cc(C3=NN(C)C(=N)CC3)ccc2C(c2ccc3ccccc3c2)C1. The summed E-state index contributed by atoms with van der Waals surface area (Å²) < 4.78 is 0. The van der Waals surface area contributed by atoms with Crippen LogP contribution < -0.4 is 0 Å². The Hall–Kier alpha value is -2.98. The minimum Gasteiger partial charge on any atom is -0.301 e. The average molecular weight is 383 g/mol. The van der Waals surface area contributed by atoms with Crippen molar-refractivity contribution in [2.75, 3.05) is 20.6 Å². The van der Waals surface area contributed by atoms with Gasteiger partial charge >= 0.3 is 0 Å². The second kappa shape index (κ2) is 7.12. The van der Waals surface area contributed by atoms with Gasteiger partial charge in [-0.1, -0.05) is 54.6 Å². The third-order valence-electron chi connectivity index (χ3n) is 6.22. The molecule has 3 aromatic rings. The number of benzene rings is 3. The molecule has 5 rings (SSSR count). The largest absolute Gasteiger partial charge is 0.301 e. The van der Waals surface area contributed by atoms with Gasteiger partial charge in [0.05, 0.1) is 5.71 Å². The Morgan fingerprint density at radius 2 is 1.76 bits per heavy atom. The van der Waals surface area contributed by atoms with Crippen LogP contribution in [0.5, 0.6) is 0 Å². The molecule has 0 aromatic heterocycles. The lowest BCUT2D eigenvalue weighted by atomic mass is 9.83. The van der Waals surface area contributed by atoms with Gasteiger partial charge in [-0.25, -0.2) is 0 Å². The van der Waals surface area contributed by atoms with E-state index >= 15 is 0 Å². The second-order valence-electron chi connectivity index (χ2n) is 8.29. The molecule has 0 spiro atoms. The molecule has 0 saturated carbocycles. The first-order valence-electron chi connectivity index (χ1n) is 10.3. The van der Waals surface area contributed by atoms with Crippen LogP contribution in [0.1, 0.15) is 41.0 Å². The highest BCUT2D eigenvalue weighted by Gasteiger charge is 2.26. The lowest BCUT2D eigenvalue weighted by Gasteiger charge is -2.33. The van der Waals surface area contributed by atoms with Crippen LogP contribution in [-0.4, -0.2) is 42.1 Å². The van der Waals surface area contributed by atoms with Crippen molar-refractivity contribution < 1.29 is 0 Å². The molecule has 0 bridgehead atoms. The Kier molecular flexibility index (Phi) is 4.44. The summed E-state index contributed by atoms with van der Waals surface area (Å²) in [5.41, 5.74) is 6.48. The Bertz CT molecular complexity index is 1130. The van der Waals surface area contributed by atoms with Crippen molar-refractivity contribution in [3.05, 3.63) is 82.9 Å². The summed E-state index contributed by atoms with van der Waals surface area (Å²) >= 11 is 0. The Balaban J connectivity index is 1.54. The number of likely N-dealkylation sites (N-methyl/N-ethyl adjacent to an activating group) is 1. The van der Waals surface area contributed by atoms with E-state index in [1.54, 1.807) is 5.01 Å². The monoisotopic (exact) mass is 382 g/mol. The van der Waals surface area contributed by atoms with Crippen molar-refractivity contribution in [3.8, 4) is 0 Å². The molecule has 2 aliphatic heterocycles. The maximum absolute atomic E-state index is 7.92. The first kappa shape index (κ1) is 18.1. The van der Waals surface area contributed by atoms with E-state index in [9.17, 15) is 0 Å². The van der Waals surface area contributed by atoms with Gasteiger partial charge in [-0.05, 0) is 52.6 Å². The number of hydrogen-bond donors (Lipinski definition) is 1. The highest BCUT2D eigenvalue weighted by atomic mass is 15.5. The van der Waals surface area contributed by atoms with Crippen LogP contribution in [0.15, 0.2) is 65.8 Å². The number of amidine groups is 1. The lowest BCUT2D eigenvalue weighted by molar-refractivity contribution is 0.295. The Labute approximate surface area is 172 Å². The van der Waals surface area contributed by atoms with E-state index in [2.05, 4.69) is 77.7 Å². The van der Waals surface area contributed by atoms with Crippen molar-refractivity contribution in [1.29, 1.82) is 5.41 Å². The molecule has 29 heavy (non-hydrogen) atoms. The summed E-state index contributed by atoms with van der Waals surface area (Å²) in [4.78, 5) is 2.41. The fourth-order valence-corrected chi connectivity index (χ4v) is 4.63. The molecule has 1 unspecified atom stereocenters. The van der Waals surface area contributed by atoms with Crippen molar-refractivity contribution in [2.24, 2.45) is 5.10 Å². The Morgan fingerprint density at radius 1 is 0.931 bits per heavy atom. The van der Waals surface area contributed by atoms with Gasteiger partial charge in [-0.3, -0.25) is 10.4 Å². The summed E-state index contributed by atoms with van der Waals surface area (Å²) in [6.45, 7) is 2.00. The standard InChI is InChI=1S/C25H26N4/c1-28-15-21-14-20(24-11-12-25(26)29(2)27-24)9-10-22(21)23(16-28)19-8-7-17-5-3-4-6-18(17)13-19/h3-10,13-14,23,26H,11-12,15-16H2,1-2H3. The molecule has 146 valence electrons. The summed E-state index contributed by atoms with van der Waals surface area (Å²) in [6.07, 6.45) is 1.60. The van der Waals surface area contributed by atoms with Gasteiger partial charge in [0.2, 0.25) is 0 Å². The van der Waals surface area contributed by atoms with Crippen LogP contribution in [0.25, 0.3) is 10.8 Å². The van der Waals surface area contributed by atoms with Crippen LogP contribution in [0, 0.1) is 5.41 Å².